The summed E-state index contributed by atoms with van der Waals surface area (Å²) in [4.78, 5) is 11.2. The molecule has 2 N–H and O–H groups in total. The Bertz CT molecular complexity index is 731. The van der Waals surface area contributed by atoms with Crippen LogP contribution in [0.25, 0.3) is 11.1 Å². The summed E-state index contributed by atoms with van der Waals surface area (Å²) in [7, 11) is 1.29. The number of aliphatic hydroxyl groups is 1. The third kappa shape index (κ3) is 3.45. The van der Waals surface area contributed by atoms with Crippen LogP contribution < -0.4 is 4.74 Å². The van der Waals surface area contributed by atoms with E-state index in [1.165, 1.54) is 25.3 Å². The minimum Gasteiger partial charge on any atom is -0.496 e. The fraction of sp³-hybridized carbons (Fsp3) is 0.188. The molecule has 0 aromatic heterocycles. The number of ether oxygens (including phenoxy) is 1. The number of alkyl halides is 2. The van der Waals surface area contributed by atoms with E-state index in [2.05, 4.69) is 0 Å². The number of hydrogen-bond donors (Lipinski definition) is 2. The molecule has 0 spiro atoms. The number of halogens is 3. The van der Waals surface area contributed by atoms with Crippen LogP contribution in [0.15, 0.2) is 36.4 Å². The first-order valence-electron chi connectivity index (χ1n) is 6.52. The van der Waals surface area contributed by atoms with Crippen molar-refractivity contribution in [2.45, 2.75) is 12.5 Å². The molecule has 1 unspecified atom stereocenters. The van der Waals surface area contributed by atoms with Gasteiger partial charge in [-0.15, -0.1) is 0 Å². The molecule has 7 heteroatoms. The number of carbonyl (C=O) groups is 1. The molecule has 0 heterocycles. The summed E-state index contributed by atoms with van der Waals surface area (Å²) in [5, 5.41) is 18.5. The second kappa shape index (κ2) is 6.70. The number of carboxylic acid groups (broad SMARTS) is 1. The number of hydrogen-bond acceptors (Lipinski definition) is 3. The number of aromatic carboxylic acids is 1. The summed E-state index contributed by atoms with van der Waals surface area (Å²) >= 11 is 0. The molecule has 122 valence electrons. The van der Waals surface area contributed by atoms with E-state index >= 15 is 0 Å². The van der Waals surface area contributed by atoms with E-state index in [0.717, 1.165) is 18.2 Å². The summed E-state index contributed by atoms with van der Waals surface area (Å²) in [5.74, 6) is -1.91. The summed E-state index contributed by atoms with van der Waals surface area (Å²) in [5.41, 5.74) is -0.273. The molecule has 23 heavy (non-hydrogen) atoms. The number of methoxy groups -OCH3 is 1. The number of benzene rings is 2. The van der Waals surface area contributed by atoms with Gasteiger partial charge in [0.05, 0.1) is 7.11 Å². The maximum atomic E-state index is 14.0. The van der Waals surface area contributed by atoms with E-state index in [1.807, 2.05) is 0 Å². The Hall–Kier alpha value is -2.54. The van der Waals surface area contributed by atoms with Crippen LogP contribution >= 0.6 is 0 Å². The van der Waals surface area contributed by atoms with Gasteiger partial charge in [-0.05, 0) is 35.4 Å². The molecule has 0 fully saturated rings. The van der Waals surface area contributed by atoms with Crippen LogP contribution in [0.2, 0.25) is 0 Å². The van der Waals surface area contributed by atoms with E-state index < -0.39 is 24.3 Å². The van der Waals surface area contributed by atoms with Crippen molar-refractivity contribution in [2.75, 3.05) is 7.11 Å². The highest BCUT2D eigenvalue weighted by molar-refractivity contribution is 5.92. The first-order valence-corrected chi connectivity index (χ1v) is 6.52. The predicted octanol–water partition coefficient (Wildman–Crippen LogP) is 3.50. The third-order valence-electron chi connectivity index (χ3n) is 3.31. The van der Waals surface area contributed by atoms with Crippen LogP contribution in [-0.4, -0.2) is 29.7 Å². The highest BCUT2D eigenvalue weighted by atomic mass is 19.3. The van der Waals surface area contributed by atoms with Gasteiger partial charge in [0.2, 0.25) is 0 Å². The lowest BCUT2D eigenvalue weighted by Gasteiger charge is -2.13. The van der Waals surface area contributed by atoms with Crippen molar-refractivity contribution in [1.82, 2.24) is 0 Å². The lowest BCUT2D eigenvalue weighted by atomic mass is 9.98. The molecule has 0 amide bonds. The van der Waals surface area contributed by atoms with E-state index in [-0.39, 0.29) is 28.0 Å². The molecule has 0 saturated carbocycles. The van der Waals surface area contributed by atoms with Crippen molar-refractivity contribution in [3.05, 3.63) is 53.3 Å². The van der Waals surface area contributed by atoms with Gasteiger partial charge in [-0.3, -0.25) is 0 Å². The number of aliphatic hydroxyl groups excluding tert-OH is 1. The molecule has 4 nitrogen and oxygen atoms in total. The quantitative estimate of drug-likeness (QED) is 0.882. The van der Waals surface area contributed by atoms with E-state index in [0.29, 0.717) is 0 Å². The standard InChI is InChI=1S/C16H13F3O4/c1-23-13-5-3-8(6-11(13)16(21)22)10-7-9(2-4-12(10)17)14(20)15(18)19/h2-7,14-15,20H,1H3,(H,21,22). The van der Waals surface area contributed by atoms with Gasteiger partial charge in [-0.1, -0.05) is 12.1 Å². The predicted molar refractivity (Wildman–Crippen MR) is 76.3 cm³/mol. The fourth-order valence-electron chi connectivity index (χ4n) is 2.14. The van der Waals surface area contributed by atoms with Crippen molar-refractivity contribution in [1.29, 1.82) is 0 Å². The van der Waals surface area contributed by atoms with Crippen LogP contribution in [0.1, 0.15) is 22.0 Å². The summed E-state index contributed by atoms with van der Waals surface area (Å²) in [6, 6.07) is 6.99. The van der Waals surface area contributed by atoms with Crippen LogP contribution in [0.3, 0.4) is 0 Å². The van der Waals surface area contributed by atoms with Crippen molar-refractivity contribution < 1.29 is 32.9 Å². The van der Waals surface area contributed by atoms with E-state index in [9.17, 15) is 23.1 Å². The summed E-state index contributed by atoms with van der Waals surface area (Å²) in [6.45, 7) is 0. The van der Waals surface area contributed by atoms with Gasteiger partial charge in [0.1, 0.15) is 23.2 Å². The number of carboxylic acids is 1. The largest absolute Gasteiger partial charge is 0.496 e. The molecular weight excluding hydrogens is 313 g/mol. The Balaban J connectivity index is 2.55. The topological polar surface area (TPSA) is 66.8 Å². The maximum absolute atomic E-state index is 14.0. The van der Waals surface area contributed by atoms with Crippen molar-refractivity contribution in [2.24, 2.45) is 0 Å². The SMILES string of the molecule is COc1ccc(-c2cc(C(O)C(F)F)ccc2F)cc1C(=O)O. The van der Waals surface area contributed by atoms with Gasteiger partial charge >= 0.3 is 5.97 Å². The van der Waals surface area contributed by atoms with Gasteiger partial charge in [0.25, 0.3) is 6.43 Å². The molecule has 2 aromatic carbocycles. The minimum absolute atomic E-state index is 0.0884. The molecule has 1 atom stereocenters. The highest BCUT2D eigenvalue weighted by Gasteiger charge is 2.21. The molecule has 2 aromatic rings. The van der Waals surface area contributed by atoms with Gasteiger partial charge in [0.15, 0.2) is 0 Å². The van der Waals surface area contributed by atoms with E-state index in [1.54, 1.807) is 0 Å². The van der Waals surface area contributed by atoms with Crippen LogP contribution in [0, 0.1) is 5.82 Å². The van der Waals surface area contributed by atoms with Gasteiger partial charge in [-0.25, -0.2) is 18.0 Å². The Labute approximate surface area is 129 Å². The van der Waals surface area contributed by atoms with Crippen molar-refractivity contribution >= 4 is 5.97 Å². The zero-order valence-corrected chi connectivity index (χ0v) is 12.0. The lowest BCUT2D eigenvalue weighted by Crippen LogP contribution is -2.08. The fourth-order valence-corrected chi connectivity index (χ4v) is 2.14. The van der Waals surface area contributed by atoms with E-state index in [4.69, 9.17) is 9.84 Å². The molecule has 0 aliphatic heterocycles. The average molecular weight is 326 g/mol. The summed E-state index contributed by atoms with van der Waals surface area (Å²) < 4.78 is 44.1. The molecular formula is C16H13F3O4. The van der Waals surface area contributed by atoms with Crippen LogP contribution in [-0.2, 0) is 0 Å². The third-order valence-corrected chi connectivity index (χ3v) is 3.31. The Morgan fingerprint density at radius 3 is 2.43 bits per heavy atom. The van der Waals surface area contributed by atoms with Gasteiger partial charge in [-0.2, -0.15) is 0 Å². The lowest BCUT2D eigenvalue weighted by molar-refractivity contribution is -0.00578. The van der Waals surface area contributed by atoms with Gasteiger partial charge < -0.3 is 14.9 Å². The Morgan fingerprint density at radius 1 is 1.17 bits per heavy atom. The molecule has 0 aliphatic rings. The maximum Gasteiger partial charge on any atom is 0.339 e. The Kier molecular flexibility index (Phi) is 4.90. The zero-order chi connectivity index (χ0) is 17.1. The molecule has 2 rings (SSSR count). The average Bonchev–Trinajstić information content (AvgIpc) is 2.53. The smallest absolute Gasteiger partial charge is 0.339 e. The molecule has 0 bridgehead atoms. The zero-order valence-electron chi connectivity index (χ0n) is 12.0. The molecule has 0 aliphatic carbocycles. The second-order valence-electron chi connectivity index (χ2n) is 4.74. The van der Waals surface area contributed by atoms with Crippen molar-refractivity contribution in [3.8, 4) is 16.9 Å². The minimum atomic E-state index is -3.02. The van der Waals surface area contributed by atoms with Crippen molar-refractivity contribution in [3.63, 3.8) is 0 Å². The molecule has 0 saturated heterocycles. The van der Waals surface area contributed by atoms with Gasteiger partial charge in [0, 0.05) is 5.56 Å². The molecule has 0 radical (unpaired) electrons. The van der Waals surface area contributed by atoms with Crippen LogP contribution in [0.5, 0.6) is 5.75 Å². The first kappa shape index (κ1) is 16.8. The Morgan fingerprint density at radius 2 is 1.87 bits per heavy atom. The highest BCUT2D eigenvalue weighted by Crippen LogP contribution is 2.31. The number of rotatable bonds is 5. The first-order chi connectivity index (χ1) is 10.8. The monoisotopic (exact) mass is 326 g/mol. The second-order valence-corrected chi connectivity index (χ2v) is 4.74. The normalized spacial score (nSPS) is 12.3. The summed E-state index contributed by atoms with van der Waals surface area (Å²) in [6.07, 6.45) is -5.06. The van der Waals surface area contributed by atoms with Crippen LogP contribution in [0.4, 0.5) is 13.2 Å².